The molecule has 1 aromatic carbocycles. The molecule has 0 bridgehead atoms. The summed E-state index contributed by atoms with van der Waals surface area (Å²) in [5.74, 6) is 0.588. The maximum atomic E-state index is 12.8. The number of carbonyl (C=O) groups is 2. The Kier molecular flexibility index (Phi) is 6.67. The van der Waals surface area contributed by atoms with Gasteiger partial charge in [-0.05, 0) is 49.8 Å². The van der Waals surface area contributed by atoms with Crippen LogP contribution in [0.15, 0.2) is 24.3 Å². The molecule has 0 aromatic heterocycles. The molecule has 4 N–H and O–H groups in total. The van der Waals surface area contributed by atoms with Crippen LogP contribution < -0.4 is 16.4 Å². The first-order valence-corrected chi connectivity index (χ1v) is 8.75. The summed E-state index contributed by atoms with van der Waals surface area (Å²) in [6.45, 7) is 3.42. The number of carbonyl (C=O) groups excluding carboxylic acids is 2. The number of amides is 3. The molecule has 1 saturated heterocycles. The number of nitrogens with one attached hydrogen (secondary N) is 2. The van der Waals surface area contributed by atoms with Crippen molar-refractivity contribution < 1.29 is 9.59 Å². The van der Waals surface area contributed by atoms with E-state index in [4.69, 9.17) is 5.73 Å². The first kappa shape index (κ1) is 19.5. The average molecular weight is 367 g/mol. The molecule has 1 aliphatic heterocycles. The molecule has 3 rings (SSSR count). The molecule has 6 nitrogen and oxygen atoms in total. The van der Waals surface area contributed by atoms with Crippen molar-refractivity contribution in [2.45, 2.75) is 44.7 Å². The minimum Gasteiger partial charge on any atom is -0.335 e. The van der Waals surface area contributed by atoms with E-state index in [0.717, 1.165) is 32.2 Å². The van der Waals surface area contributed by atoms with Crippen molar-refractivity contribution >= 4 is 30.0 Å². The highest BCUT2D eigenvalue weighted by molar-refractivity contribution is 5.97. The van der Waals surface area contributed by atoms with Gasteiger partial charge in [0.15, 0.2) is 0 Å². The van der Waals surface area contributed by atoms with Crippen molar-refractivity contribution in [3.8, 4) is 0 Å². The van der Waals surface area contributed by atoms with Crippen molar-refractivity contribution in [1.29, 1.82) is 0 Å². The topological polar surface area (TPSA) is 87.5 Å². The SMILES string of the molecule is CC1CCN(C(=O)c2cccc(NC(=O)NC3CC3)c2)C(CN)C1.Cl. The van der Waals surface area contributed by atoms with Crippen molar-refractivity contribution in [3.05, 3.63) is 29.8 Å². The van der Waals surface area contributed by atoms with Gasteiger partial charge >= 0.3 is 6.03 Å². The van der Waals surface area contributed by atoms with Crippen molar-refractivity contribution in [3.63, 3.8) is 0 Å². The summed E-state index contributed by atoms with van der Waals surface area (Å²) in [7, 11) is 0. The smallest absolute Gasteiger partial charge is 0.319 e. The Labute approximate surface area is 154 Å². The molecular weight excluding hydrogens is 340 g/mol. The molecule has 0 spiro atoms. The molecule has 2 atom stereocenters. The number of hydrogen-bond donors (Lipinski definition) is 3. The second-order valence-corrected chi connectivity index (χ2v) is 6.97. The number of likely N-dealkylation sites (tertiary alicyclic amines) is 1. The monoisotopic (exact) mass is 366 g/mol. The summed E-state index contributed by atoms with van der Waals surface area (Å²) in [4.78, 5) is 26.6. The lowest BCUT2D eigenvalue weighted by Crippen LogP contribution is -2.49. The average Bonchev–Trinajstić information content (AvgIpc) is 3.38. The number of nitrogens with zero attached hydrogens (tertiary/aromatic N) is 1. The van der Waals surface area contributed by atoms with E-state index in [1.165, 1.54) is 0 Å². The van der Waals surface area contributed by atoms with Gasteiger partial charge in [0, 0.05) is 36.4 Å². The van der Waals surface area contributed by atoms with E-state index in [2.05, 4.69) is 17.6 Å². The number of benzene rings is 1. The number of halogens is 1. The molecule has 3 amide bonds. The van der Waals surface area contributed by atoms with E-state index in [-0.39, 0.29) is 30.4 Å². The Morgan fingerprint density at radius 3 is 2.72 bits per heavy atom. The lowest BCUT2D eigenvalue weighted by molar-refractivity contribution is 0.0573. The van der Waals surface area contributed by atoms with Gasteiger partial charge in [0.05, 0.1) is 0 Å². The second kappa shape index (κ2) is 8.54. The number of rotatable bonds is 4. The number of piperidine rings is 1. The normalized spacial score (nSPS) is 22.7. The van der Waals surface area contributed by atoms with Crippen LogP contribution in [-0.2, 0) is 0 Å². The molecule has 2 fully saturated rings. The molecule has 2 aliphatic rings. The van der Waals surface area contributed by atoms with Crippen LogP contribution in [0.1, 0.15) is 43.0 Å². The maximum absolute atomic E-state index is 12.8. The molecule has 0 radical (unpaired) electrons. The van der Waals surface area contributed by atoms with E-state index >= 15 is 0 Å². The van der Waals surface area contributed by atoms with E-state index in [0.29, 0.717) is 29.8 Å². The zero-order valence-electron chi connectivity index (χ0n) is 14.5. The fourth-order valence-electron chi connectivity index (χ4n) is 3.22. The summed E-state index contributed by atoms with van der Waals surface area (Å²) in [5.41, 5.74) is 7.08. The lowest BCUT2D eigenvalue weighted by atomic mass is 9.92. The molecular formula is C18H27ClN4O2. The predicted molar refractivity (Wildman–Crippen MR) is 101 cm³/mol. The Morgan fingerprint density at radius 2 is 2.04 bits per heavy atom. The van der Waals surface area contributed by atoms with Gasteiger partial charge in [0.25, 0.3) is 5.91 Å². The van der Waals surface area contributed by atoms with Gasteiger partial charge in [-0.3, -0.25) is 4.79 Å². The number of nitrogens with two attached hydrogens (primary N) is 1. The van der Waals surface area contributed by atoms with E-state index < -0.39 is 0 Å². The van der Waals surface area contributed by atoms with Gasteiger partial charge in [0.2, 0.25) is 0 Å². The molecule has 7 heteroatoms. The van der Waals surface area contributed by atoms with Crippen LogP contribution in [0.4, 0.5) is 10.5 Å². The summed E-state index contributed by atoms with van der Waals surface area (Å²) < 4.78 is 0. The highest BCUT2D eigenvalue weighted by atomic mass is 35.5. The van der Waals surface area contributed by atoms with Gasteiger partial charge in [-0.1, -0.05) is 13.0 Å². The fourth-order valence-corrected chi connectivity index (χ4v) is 3.22. The van der Waals surface area contributed by atoms with Crippen molar-refractivity contribution in [2.75, 3.05) is 18.4 Å². The first-order chi connectivity index (χ1) is 11.6. The Hall–Kier alpha value is -1.79. The highest BCUT2D eigenvalue weighted by Gasteiger charge is 2.29. The van der Waals surface area contributed by atoms with E-state index in [9.17, 15) is 9.59 Å². The van der Waals surface area contributed by atoms with E-state index in [1.807, 2.05) is 4.90 Å². The van der Waals surface area contributed by atoms with Crippen LogP contribution in [0.3, 0.4) is 0 Å². The number of anilines is 1. The van der Waals surface area contributed by atoms with Crippen LogP contribution in [0, 0.1) is 5.92 Å². The van der Waals surface area contributed by atoms with Crippen LogP contribution >= 0.6 is 12.4 Å². The molecule has 25 heavy (non-hydrogen) atoms. The molecule has 1 heterocycles. The highest BCUT2D eigenvalue weighted by Crippen LogP contribution is 2.24. The summed E-state index contributed by atoms with van der Waals surface area (Å²) >= 11 is 0. The minimum absolute atomic E-state index is 0. The van der Waals surface area contributed by atoms with Gasteiger partial charge in [-0.25, -0.2) is 4.79 Å². The van der Waals surface area contributed by atoms with Crippen LogP contribution in [0.2, 0.25) is 0 Å². The molecule has 1 aromatic rings. The first-order valence-electron chi connectivity index (χ1n) is 8.75. The number of hydrogen-bond acceptors (Lipinski definition) is 3. The summed E-state index contributed by atoms with van der Waals surface area (Å²) in [5, 5.41) is 5.67. The molecule has 2 unspecified atom stereocenters. The third kappa shape index (κ3) is 5.09. The zero-order chi connectivity index (χ0) is 17.1. The van der Waals surface area contributed by atoms with Crippen LogP contribution in [-0.4, -0.2) is 42.0 Å². The number of urea groups is 1. The third-order valence-electron chi connectivity index (χ3n) is 4.79. The Balaban J connectivity index is 0.00000225. The standard InChI is InChI=1S/C18H26N4O2.ClH/c1-12-7-8-22(16(9-12)11-19)17(23)13-3-2-4-15(10-13)21-18(24)20-14-5-6-14;/h2-4,10,12,14,16H,5-9,11,19H2,1H3,(H2,20,21,24);1H. The maximum Gasteiger partial charge on any atom is 0.319 e. The quantitative estimate of drug-likeness (QED) is 0.765. The van der Waals surface area contributed by atoms with Gasteiger partial charge in [-0.15, -0.1) is 12.4 Å². The largest absolute Gasteiger partial charge is 0.335 e. The van der Waals surface area contributed by atoms with Gasteiger partial charge in [-0.2, -0.15) is 0 Å². The van der Waals surface area contributed by atoms with Crippen molar-refractivity contribution in [1.82, 2.24) is 10.2 Å². The minimum atomic E-state index is -0.214. The van der Waals surface area contributed by atoms with Crippen LogP contribution in [0.25, 0.3) is 0 Å². The van der Waals surface area contributed by atoms with Gasteiger partial charge < -0.3 is 21.3 Å². The third-order valence-corrected chi connectivity index (χ3v) is 4.79. The van der Waals surface area contributed by atoms with Crippen LogP contribution in [0.5, 0.6) is 0 Å². The van der Waals surface area contributed by atoms with Crippen molar-refractivity contribution in [2.24, 2.45) is 11.7 Å². The predicted octanol–water partition coefficient (Wildman–Crippen LogP) is 2.59. The second-order valence-electron chi connectivity index (χ2n) is 6.97. The Bertz CT molecular complexity index is 621. The fraction of sp³-hybridized carbons (Fsp3) is 0.556. The molecule has 138 valence electrons. The van der Waals surface area contributed by atoms with E-state index in [1.54, 1.807) is 24.3 Å². The molecule has 1 saturated carbocycles. The zero-order valence-corrected chi connectivity index (χ0v) is 15.3. The lowest BCUT2D eigenvalue weighted by Gasteiger charge is -2.38. The molecule has 1 aliphatic carbocycles. The summed E-state index contributed by atoms with van der Waals surface area (Å²) in [6, 6.07) is 7.30. The Morgan fingerprint density at radius 1 is 1.28 bits per heavy atom. The summed E-state index contributed by atoms with van der Waals surface area (Å²) in [6.07, 6.45) is 4.04. The van der Waals surface area contributed by atoms with Gasteiger partial charge in [0.1, 0.15) is 0 Å².